The van der Waals surface area contributed by atoms with Crippen LogP contribution in [0.15, 0.2) is 128 Å². The van der Waals surface area contributed by atoms with Crippen molar-refractivity contribution in [1.82, 2.24) is 4.98 Å². The van der Waals surface area contributed by atoms with Crippen LogP contribution in [0.1, 0.15) is 60.6 Å². The van der Waals surface area contributed by atoms with E-state index in [9.17, 15) is 110 Å². The maximum atomic E-state index is 14.2. The predicted octanol–water partition coefficient (Wildman–Crippen LogP) is 13.7. The van der Waals surface area contributed by atoms with Crippen molar-refractivity contribution in [2.75, 3.05) is 0 Å². The number of nitrogens with zero attached hydrogens (tertiary/aromatic N) is 2. The van der Waals surface area contributed by atoms with E-state index >= 15 is 0 Å². The summed E-state index contributed by atoms with van der Waals surface area (Å²) in [7, 11) is 0. The van der Waals surface area contributed by atoms with Crippen molar-refractivity contribution < 1.29 is 115 Å². The van der Waals surface area contributed by atoms with Gasteiger partial charge in [-0.2, -0.15) is 132 Å². The van der Waals surface area contributed by atoms with Crippen LogP contribution in [-0.4, -0.2) is 16.9 Å². The minimum absolute atomic E-state index is 0.0398. The van der Waals surface area contributed by atoms with Crippen molar-refractivity contribution in [1.29, 1.82) is 0 Å². The van der Waals surface area contributed by atoms with E-state index in [0.717, 1.165) is 0 Å². The zero-order valence-electron chi connectivity index (χ0n) is 36.3. The molecule has 29 heteroatoms. The Morgan fingerprint density at radius 2 is 0.693 bits per heavy atom. The molecule has 1 aromatic heterocycles. The van der Waals surface area contributed by atoms with Crippen LogP contribution in [0.2, 0.25) is 0 Å². The van der Waals surface area contributed by atoms with Crippen LogP contribution in [0, 0.1) is 0 Å². The van der Waals surface area contributed by atoms with Crippen LogP contribution in [0.4, 0.5) is 105 Å². The molecule has 0 unspecified atom stereocenters. The number of Topliss-reactive ketones (excluding diaryl/α,β-unsaturated/α-hetero) is 1. The van der Waals surface area contributed by atoms with Gasteiger partial charge in [0.25, 0.3) is 0 Å². The van der Waals surface area contributed by atoms with Crippen molar-refractivity contribution in [3.8, 4) is 0 Å². The Balaban J connectivity index is 0.000000483. The maximum absolute atomic E-state index is 14.2. The number of benzene rings is 5. The summed E-state index contributed by atoms with van der Waals surface area (Å²) < 4.78 is 343. The van der Waals surface area contributed by atoms with Crippen LogP contribution in [-0.2, 0) is 56.0 Å². The van der Waals surface area contributed by atoms with Crippen LogP contribution in [0.25, 0.3) is 5.03 Å². The number of rotatable bonds is 8. The molecular formula is C46H24BClF24N2O. The first-order valence-corrected chi connectivity index (χ1v) is 20.4. The highest BCUT2D eigenvalue weighted by molar-refractivity contribution is 7.20. The molecule has 3 nitrogen and oxygen atoms in total. The van der Waals surface area contributed by atoms with Gasteiger partial charge in [0.05, 0.1) is 55.7 Å². The predicted molar refractivity (Wildman–Crippen MR) is 220 cm³/mol. The molecule has 0 saturated heterocycles. The smallest absolute Gasteiger partial charge is 0.287 e. The normalized spacial score (nSPS) is 13.3. The Morgan fingerprint density at radius 3 is 0.920 bits per heavy atom. The Hall–Kier alpha value is -6.74. The van der Waals surface area contributed by atoms with Gasteiger partial charge in [-0.15, -0.1) is 0 Å². The summed E-state index contributed by atoms with van der Waals surface area (Å²) in [6.45, 7) is 3.86. The molecule has 1 heterocycles. The van der Waals surface area contributed by atoms with Crippen molar-refractivity contribution in [2.45, 2.75) is 56.0 Å². The van der Waals surface area contributed by atoms with Gasteiger partial charge in [0, 0.05) is 5.56 Å². The lowest BCUT2D eigenvalue weighted by Gasteiger charge is -2.46. The topological polar surface area (TPSA) is 33.8 Å². The summed E-state index contributed by atoms with van der Waals surface area (Å²) in [5, 5.41) is 0.358. The van der Waals surface area contributed by atoms with E-state index in [1.807, 2.05) is 18.2 Å². The lowest BCUT2D eigenvalue weighted by atomic mass is 9.12. The Kier molecular flexibility index (Phi) is 16.1. The van der Waals surface area contributed by atoms with E-state index in [4.69, 9.17) is 11.6 Å². The number of alkyl halides is 24. The van der Waals surface area contributed by atoms with Crippen molar-refractivity contribution in [3.63, 3.8) is 0 Å². The maximum Gasteiger partial charge on any atom is 0.416 e. The number of ketones is 1. The Morgan fingerprint density at radius 1 is 0.440 bits per heavy atom. The molecule has 0 atom stereocenters. The van der Waals surface area contributed by atoms with Crippen LogP contribution < -0.4 is 26.4 Å². The first-order chi connectivity index (χ1) is 33.9. The van der Waals surface area contributed by atoms with Gasteiger partial charge in [-0.25, -0.2) is 4.98 Å². The van der Waals surface area contributed by atoms with Crippen molar-refractivity contribution >= 4 is 50.4 Å². The molecule has 0 fully saturated rings. The first-order valence-electron chi connectivity index (χ1n) is 20.1. The van der Waals surface area contributed by atoms with Gasteiger partial charge in [0.15, 0.2) is 12.4 Å². The quantitative estimate of drug-likeness (QED) is 0.0659. The molecule has 0 aliphatic rings. The third kappa shape index (κ3) is 14.0. The van der Waals surface area contributed by atoms with Crippen LogP contribution >= 0.6 is 11.6 Å². The lowest BCUT2D eigenvalue weighted by molar-refractivity contribution is -0.683. The molecule has 6 rings (SSSR count). The zero-order valence-corrected chi connectivity index (χ0v) is 37.0. The SMILES string of the molecule is C=C(Cl)c1c[n+](CC(=O)c2ccccc2)ccn1.FC(F)(F)c1cc([B-](c2cc(C(F)(F)F)cc(C(F)(F)F)c2)(c2cc(C(F)(F)F)cc(C(F)(F)F)c2)c2cc(C(F)(F)F)cc(C(F)(F)F)c2)cc(C(F)(F)F)c1. The second-order valence-electron chi connectivity index (χ2n) is 16.0. The van der Waals surface area contributed by atoms with E-state index in [-0.39, 0.29) is 12.3 Å². The third-order valence-corrected chi connectivity index (χ3v) is 11.1. The number of carbonyl (C=O) groups is 1. The number of hydrogen-bond donors (Lipinski definition) is 0. The fourth-order valence-corrected chi connectivity index (χ4v) is 7.72. The highest BCUT2D eigenvalue weighted by Crippen LogP contribution is 2.41. The molecule has 0 spiro atoms. The van der Waals surface area contributed by atoms with Gasteiger partial charge in [-0.3, -0.25) is 4.79 Å². The Bertz CT molecular complexity index is 2640. The number of carbonyl (C=O) groups excluding carboxylic acids is 1. The molecule has 402 valence electrons. The number of halogens is 25. The standard InChI is InChI=1S/C32H12BF24.C14H12ClN2O/c34-25(35,36)13-1-14(26(37,38)39)6-21(5-13)33(22-7-15(27(40,41)42)2-16(8-22)28(43,44)45,23-9-17(29(46,47)48)3-18(10-23)30(49,50)51)24-11-19(31(52,53)54)4-20(12-24)32(55,56)57;1-11(15)13-9-17(8-7-16-13)10-14(18)12-5-3-2-4-6-12/h1-12H;2-9H,1,10H2/q-1;+1. The molecule has 5 aromatic carbocycles. The molecule has 0 saturated carbocycles. The largest absolute Gasteiger partial charge is 0.416 e. The van der Waals surface area contributed by atoms with Crippen LogP contribution in [0.5, 0.6) is 0 Å². The molecular weight excluding hydrogens is 1100 g/mol. The minimum Gasteiger partial charge on any atom is -0.287 e. The molecule has 0 bridgehead atoms. The molecule has 0 radical (unpaired) electrons. The highest BCUT2D eigenvalue weighted by atomic mass is 35.5. The van der Waals surface area contributed by atoms with Crippen molar-refractivity contribution in [2.24, 2.45) is 0 Å². The summed E-state index contributed by atoms with van der Waals surface area (Å²) in [5.74, 6) is 0.0398. The average molecular weight is 1120 g/mol. The molecule has 0 N–H and O–H groups in total. The summed E-state index contributed by atoms with van der Waals surface area (Å²) >= 11 is 5.77. The van der Waals surface area contributed by atoms with Gasteiger partial charge in [0.2, 0.25) is 12.3 Å². The van der Waals surface area contributed by atoms with E-state index in [1.54, 1.807) is 35.3 Å². The number of hydrogen-bond acceptors (Lipinski definition) is 2. The first kappa shape index (κ1) is 59.1. The van der Waals surface area contributed by atoms with Gasteiger partial charge in [0.1, 0.15) is 11.8 Å². The fraction of sp³-hybridized carbons (Fsp3) is 0.196. The molecule has 6 aromatic rings. The molecule has 0 aliphatic carbocycles. The minimum atomic E-state index is -6.13. The van der Waals surface area contributed by atoms with E-state index in [0.29, 0.717) is 16.3 Å². The fourth-order valence-electron chi connectivity index (χ4n) is 7.62. The van der Waals surface area contributed by atoms with Crippen LogP contribution in [0.3, 0.4) is 0 Å². The Labute approximate surface area is 409 Å². The van der Waals surface area contributed by atoms with Gasteiger partial charge >= 0.3 is 49.4 Å². The van der Waals surface area contributed by atoms with Gasteiger partial charge in [-0.1, -0.05) is 97.0 Å². The molecule has 0 aliphatic heterocycles. The third-order valence-electron chi connectivity index (χ3n) is 10.9. The molecule has 0 amide bonds. The zero-order chi connectivity index (χ0) is 56.9. The summed E-state index contributed by atoms with van der Waals surface area (Å²) in [6, 6.07) is 0.352. The lowest BCUT2D eigenvalue weighted by Crippen LogP contribution is -2.75. The summed E-state index contributed by atoms with van der Waals surface area (Å²) in [6.07, 6.45) is -49.8. The average Bonchev–Trinajstić information content (AvgIpc) is 3.27. The van der Waals surface area contributed by atoms with E-state index in [1.165, 1.54) is 0 Å². The molecule has 75 heavy (non-hydrogen) atoms. The summed E-state index contributed by atoms with van der Waals surface area (Å²) in [4.78, 5) is 16.1. The summed E-state index contributed by atoms with van der Waals surface area (Å²) in [5.41, 5.74) is -28.9. The van der Waals surface area contributed by atoms with Crippen molar-refractivity contribution in [3.05, 3.63) is 184 Å². The van der Waals surface area contributed by atoms with Gasteiger partial charge in [-0.05, 0) is 24.3 Å². The second kappa shape index (κ2) is 20.4. The number of aromatic nitrogens is 2. The van der Waals surface area contributed by atoms with E-state index < -0.39 is 195 Å². The monoisotopic (exact) mass is 1120 g/mol. The van der Waals surface area contributed by atoms with Gasteiger partial charge < -0.3 is 0 Å². The second-order valence-corrected chi connectivity index (χ2v) is 16.5. The highest BCUT2D eigenvalue weighted by Gasteiger charge is 2.47. The van der Waals surface area contributed by atoms with E-state index in [2.05, 4.69) is 11.6 Å².